The van der Waals surface area contributed by atoms with Gasteiger partial charge in [0.15, 0.2) is 0 Å². The maximum atomic E-state index is 10.4. The molecule has 0 aromatic carbocycles. The topological polar surface area (TPSA) is 70.5 Å². The zero-order chi connectivity index (χ0) is 5.82. The van der Waals surface area contributed by atoms with Crippen molar-refractivity contribution in [1.29, 1.82) is 0 Å². The number of rotatable bonds is 0. The van der Waals surface area contributed by atoms with Gasteiger partial charge in [0.25, 0.3) is 0 Å². The van der Waals surface area contributed by atoms with Crippen molar-refractivity contribution in [3.63, 3.8) is 0 Å². The van der Waals surface area contributed by atoms with Crippen LogP contribution in [0.4, 0.5) is 0 Å². The molecular weight excluding hydrogens is 122 g/mol. The van der Waals surface area contributed by atoms with E-state index < -0.39 is 0 Å². The van der Waals surface area contributed by atoms with Gasteiger partial charge in [-0.2, -0.15) is 0 Å². The van der Waals surface area contributed by atoms with Crippen molar-refractivity contribution in [3.05, 3.63) is 0 Å². The van der Waals surface area contributed by atoms with Crippen LogP contribution in [0.2, 0.25) is 0 Å². The van der Waals surface area contributed by atoms with Crippen molar-refractivity contribution in [3.8, 4) is 0 Å². The van der Waals surface area contributed by atoms with Gasteiger partial charge >= 0.3 is 5.97 Å². The lowest BCUT2D eigenvalue weighted by Crippen LogP contribution is -2.02. The van der Waals surface area contributed by atoms with E-state index in [9.17, 15) is 4.79 Å². The molecule has 0 saturated carbocycles. The summed E-state index contributed by atoms with van der Waals surface area (Å²) in [6, 6.07) is 0. The summed E-state index contributed by atoms with van der Waals surface area (Å²) in [5.41, 5.74) is 0. The van der Waals surface area contributed by atoms with E-state index in [-0.39, 0.29) is 12.1 Å². The lowest BCUT2D eigenvalue weighted by Gasteiger charge is -1.93. The van der Waals surface area contributed by atoms with E-state index in [0.717, 1.165) is 0 Å². The Morgan fingerprint density at radius 1 is 1.22 bits per heavy atom. The van der Waals surface area contributed by atoms with Gasteiger partial charge in [-0.25, -0.2) is 0 Å². The number of ether oxygens (including phenoxy) is 2. The minimum atomic E-state index is -0.150. The van der Waals surface area contributed by atoms with Gasteiger partial charge in [-0.05, 0) is 0 Å². The minimum absolute atomic E-state index is 0. The molecule has 0 aliphatic carbocycles. The summed E-state index contributed by atoms with van der Waals surface area (Å²) in [5, 5.41) is 0. The molecule has 1 heterocycles. The first-order chi connectivity index (χ1) is 3.89. The molecule has 3 N–H and O–H groups in total. The maximum absolute atomic E-state index is 10.4. The van der Waals surface area contributed by atoms with E-state index >= 15 is 0 Å². The van der Waals surface area contributed by atoms with Crippen molar-refractivity contribution >= 4 is 5.97 Å². The monoisotopic (exact) mass is 133 g/mol. The highest BCUT2D eigenvalue weighted by Gasteiger charge is 2.05. The molecule has 0 unspecified atom stereocenters. The van der Waals surface area contributed by atoms with Crippen molar-refractivity contribution in [2.45, 2.75) is 6.42 Å². The molecule has 1 aliphatic heterocycles. The summed E-state index contributed by atoms with van der Waals surface area (Å²) in [6.07, 6.45) is 0.403. The first-order valence-electron chi connectivity index (χ1n) is 2.63. The highest BCUT2D eigenvalue weighted by Crippen LogP contribution is 1.92. The quantitative estimate of drug-likeness (QED) is 0.476. The smallest absolute Gasteiger partial charge is 0.308 e. The Balaban J connectivity index is 0.000000640. The molecular formula is C5H11NO3. The first kappa shape index (κ1) is 8.39. The van der Waals surface area contributed by atoms with E-state index in [1.807, 2.05) is 0 Å². The van der Waals surface area contributed by atoms with Crippen LogP contribution in [0.3, 0.4) is 0 Å². The van der Waals surface area contributed by atoms with Crippen LogP contribution in [-0.2, 0) is 14.3 Å². The average molecular weight is 133 g/mol. The fraction of sp³-hybridized carbons (Fsp3) is 0.800. The van der Waals surface area contributed by atoms with E-state index in [1.54, 1.807) is 0 Å². The Hall–Kier alpha value is -0.610. The molecule has 4 heteroatoms. The standard InChI is InChI=1S/C5H8O3.H3N/c6-5-1-2-7-3-4-8-5;/h1-4H2;1H3. The molecule has 0 radical (unpaired) electrons. The van der Waals surface area contributed by atoms with Gasteiger partial charge in [-0.15, -0.1) is 0 Å². The summed E-state index contributed by atoms with van der Waals surface area (Å²) in [5.74, 6) is -0.150. The second-order valence-electron chi connectivity index (χ2n) is 1.58. The third-order valence-corrected chi connectivity index (χ3v) is 0.941. The third kappa shape index (κ3) is 3.05. The Morgan fingerprint density at radius 2 is 2.00 bits per heavy atom. The second-order valence-corrected chi connectivity index (χ2v) is 1.58. The van der Waals surface area contributed by atoms with Crippen LogP contribution in [0.5, 0.6) is 0 Å². The van der Waals surface area contributed by atoms with Gasteiger partial charge in [0, 0.05) is 0 Å². The number of hydrogen-bond donors (Lipinski definition) is 1. The van der Waals surface area contributed by atoms with Crippen LogP contribution in [0.15, 0.2) is 0 Å². The SMILES string of the molecule is N.O=C1CCOCCO1. The zero-order valence-electron chi connectivity index (χ0n) is 5.26. The summed E-state index contributed by atoms with van der Waals surface area (Å²) in [6.45, 7) is 1.48. The van der Waals surface area contributed by atoms with Gasteiger partial charge in [0.2, 0.25) is 0 Å². The Morgan fingerprint density at radius 3 is 2.78 bits per heavy atom. The summed E-state index contributed by atoms with van der Waals surface area (Å²) >= 11 is 0. The number of hydrogen-bond acceptors (Lipinski definition) is 4. The van der Waals surface area contributed by atoms with Crippen LogP contribution in [0.25, 0.3) is 0 Å². The van der Waals surface area contributed by atoms with E-state index in [2.05, 4.69) is 4.74 Å². The highest BCUT2D eigenvalue weighted by molar-refractivity contribution is 5.69. The van der Waals surface area contributed by atoms with Gasteiger partial charge in [-0.3, -0.25) is 4.79 Å². The molecule has 9 heavy (non-hydrogen) atoms. The van der Waals surface area contributed by atoms with Crippen molar-refractivity contribution in [1.82, 2.24) is 6.15 Å². The third-order valence-electron chi connectivity index (χ3n) is 0.941. The molecule has 54 valence electrons. The van der Waals surface area contributed by atoms with Gasteiger partial charge < -0.3 is 15.6 Å². The largest absolute Gasteiger partial charge is 0.463 e. The average Bonchev–Trinajstić information content (AvgIpc) is 1.94. The predicted molar refractivity (Wildman–Crippen MR) is 31.4 cm³/mol. The molecule has 1 saturated heterocycles. The Kier molecular flexibility index (Phi) is 4.00. The van der Waals surface area contributed by atoms with Crippen LogP contribution in [0.1, 0.15) is 6.42 Å². The molecule has 1 aliphatic rings. The van der Waals surface area contributed by atoms with Crippen molar-refractivity contribution in [2.24, 2.45) is 0 Å². The molecule has 0 bridgehead atoms. The predicted octanol–water partition coefficient (Wildman–Crippen LogP) is 0.112. The lowest BCUT2D eigenvalue weighted by molar-refractivity contribution is -0.142. The molecule has 0 atom stereocenters. The lowest BCUT2D eigenvalue weighted by atomic mass is 10.5. The van der Waals surface area contributed by atoms with E-state index in [4.69, 9.17) is 4.74 Å². The fourth-order valence-electron chi connectivity index (χ4n) is 0.544. The molecule has 0 amide bonds. The highest BCUT2D eigenvalue weighted by atomic mass is 16.6. The van der Waals surface area contributed by atoms with Gasteiger partial charge in [0.05, 0.1) is 19.6 Å². The summed E-state index contributed by atoms with van der Waals surface area (Å²) in [4.78, 5) is 10.4. The minimum Gasteiger partial charge on any atom is -0.463 e. The van der Waals surface area contributed by atoms with E-state index in [0.29, 0.717) is 26.2 Å². The van der Waals surface area contributed by atoms with Crippen molar-refractivity contribution < 1.29 is 14.3 Å². The number of esters is 1. The van der Waals surface area contributed by atoms with Crippen LogP contribution in [-0.4, -0.2) is 25.8 Å². The summed E-state index contributed by atoms with van der Waals surface area (Å²) in [7, 11) is 0. The Labute approximate surface area is 53.7 Å². The van der Waals surface area contributed by atoms with Gasteiger partial charge in [-0.1, -0.05) is 0 Å². The molecule has 0 spiro atoms. The van der Waals surface area contributed by atoms with Crippen LogP contribution >= 0.6 is 0 Å². The van der Waals surface area contributed by atoms with Crippen LogP contribution in [0, 0.1) is 0 Å². The molecule has 1 fully saturated rings. The normalized spacial score (nSPS) is 19.3. The number of carbonyl (C=O) groups is 1. The molecule has 4 nitrogen and oxygen atoms in total. The Bertz CT molecular complexity index is 84.2. The maximum Gasteiger partial charge on any atom is 0.308 e. The molecule has 0 aromatic rings. The first-order valence-corrected chi connectivity index (χ1v) is 2.63. The molecule has 1 rings (SSSR count). The zero-order valence-corrected chi connectivity index (χ0v) is 5.26. The number of cyclic esters (lactones) is 1. The second kappa shape index (κ2) is 4.29. The van der Waals surface area contributed by atoms with Crippen LogP contribution < -0.4 is 6.15 Å². The van der Waals surface area contributed by atoms with Crippen molar-refractivity contribution in [2.75, 3.05) is 19.8 Å². The summed E-state index contributed by atoms with van der Waals surface area (Å²) < 4.78 is 9.56. The fourth-order valence-corrected chi connectivity index (χ4v) is 0.544. The van der Waals surface area contributed by atoms with E-state index in [1.165, 1.54) is 0 Å². The van der Waals surface area contributed by atoms with Gasteiger partial charge in [0.1, 0.15) is 6.61 Å². The molecule has 0 aromatic heterocycles. The number of carbonyl (C=O) groups excluding carboxylic acids is 1.